The summed E-state index contributed by atoms with van der Waals surface area (Å²) in [5.74, 6) is -0.0990. The molecule has 6 heteroatoms. The van der Waals surface area contributed by atoms with E-state index in [1.54, 1.807) is 24.3 Å². The fourth-order valence-corrected chi connectivity index (χ4v) is 1.73. The van der Waals surface area contributed by atoms with Crippen LogP contribution in [0.2, 0.25) is 0 Å². The Balaban J connectivity index is 2.22. The number of hydrogen-bond acceptors (Lipinski definition) is 4. The zero-order chi connectivity index (χ0) is 14.5. The van der Waals surface area contributed by atoms with Crippen molar-refractivity contribution in [2.75, 3.05) is 7.11 Å². The molecule has 0 bridgehead atoms. The smallest absolute Gasteiger partial charge is 0.311 e. The first-order valence-corrected chi connectivity index (χ1v) is 5.80. The predicted molar refractivity (Wildman–Crippen MR) is 70.4 cm³/mol. The second kappa shape index (κ2) is 6.01. The lowest BCUT2D eigenvalue weighted by molar-refractivity contribution is -0.386. The van der Waals surface area contributed by atoms with Gasteiger partial charge in [0.05, 0.1) is 12.0 Å². The third-order valence-corrected chi connectivity index (χ3v) is 2.69. The largest absolute Gasteiger partial charge is 0.496 e. The maximum Gasteiger partial charge on any atom is 0.311 e. The van der Waals surface area contributed by atoms with Crippen molar-refractivity contribution in [1.29, 1.82) is 0 Å². The van der Waals surface area contributed by atoms with Gasteiger partial charge in [-0.15, -0.1) is 0 Å². The third kappa shape index (κ3) is 3.03. The molecule has 0 heterocycles. The van der Waals surface area contributed by atoms with Crippen LogP contribution in [-0.2, 0) is 6.61 Å². The van der Waals surface area contributed by atoms with E-state index in [-0.39, 0.29) is 18.0 Å². The van der Waals surface area contributed by atoms with Gasteiger partial charge in [-0.05, 0) is 12.1 Å². The number of benzene rings is 2. The van der Waals surface area contributed by atoms with E-state index in [0.29, 0.717) is 11.3 Å². The first-order valence-electron chi connectivity index (χ1n) is 5.80. The molecule has 0 aliphatic heterocycles. The van der Waals surface area contributed by atoms with Gasteiger partial charge in [0.25, 0.3) is 0 Å². The van der Waals surface area contributed by atoms with E-state index in [4.69, 9.17) is 9.47 Å². The maximum atomic E-state index is 13.2. The number of nitro benzene ring substituents is 1. The number of nitrogens with zero attached hydrogens (tertiary/aromatic N) is 1. The fraction of sp³-hybridized carbons (Fsp3) is 0.143. The minimum atomic E-state index is -0.614. The van der Waals surface area contributed by atoms with Gasteiger partial charge < -0.3 is 9.47 Å². The zero-order valence-electron chi connectivity index (χ0n) is 10.7. The van der Waals surface area contributed by atoms with Crippen molar-refractivity contribution < 1.29 is 18.8 Å². The van der Waals surface area contributed by atoms with Crippen LogP contribution >= 0.6 is 0 Å². The topological polar surface area (TPSA) is 61.6 Å². The average Bonchev–Trinajstić information content (AvgIpc) is 2.45. The van der Waals surface area contributed by atoms with Crippen molar-refractivity contribution in [3.05, 3.63) is 64.0 Å². The Morgan fingerprint density at radius 3 is 2.65 bits per heavy atom. The Morgan fingerprint density at radius 1 is 1.20 bits per heavy atom. The number of ether oxygens (including phenoxy) is 2. The van der Waals surface area contributed by atoms with Crippen LogP contribution < -0.4 is 9.47 Å². The van der Waals surface area contributed by atoms with Crippen molar-refractivity contribution in [3.63, 3.8) is 0 Å². The molecule has 0 aromatic heterocycles. The highest BCUT2D eigenvalue weighted by atomic mass is 19.1. The lowest BCUT2D eigenvalue weighted by atomic mass is 10.2. The van der Waals surface area contributed by atoms with Gasteiger partial charge >= 0.3 is 5.69 Å². The molecule has 2 aromatic carbocycles. The summed E-state index contributed by atoms with van der Waals surface area (Å²) in [7, 11) is 1.52. The van der Waals surface area contributed by atoms with Crippen molar-refractivity contribution in [2.45, 2.75) is 6.61 Å². The van der Waals surface area contributed by atoms with Crippen molar-refractivity contribution in [1.82, 2.24) is 0 Å². The molecular formula is C14H12FNO4. The number of methoxy groups -OCH3 is 1. The van der Waals surface area contributed by atoms with E-state index in [1.807, 2.05) is 0 Å². The fourth-order valence-electron chi connectivity index (χ4n) is 1.73. The summed E-state index contributed by atoms with van der Waals surface area (Å²) in [5.41, 5.74) is 0.440. The minimum Gasteiger partial charge on any atom is -0.496 e. The summed E-state index contributed by atoms with van der Waals surface area (Å²) in [5, 5.41) is 10.8. The Kier molecular flexibility index (Phi) is 4.14. The van der Waals surface area contributed by atoms with Gasteiger partial charge in [-0.1, -0.05) is 18.2 Å². The van der Waals surface area contributed by atoms with E-state index < -0.39 is 10.7 Å². The second-order valence-corrected chi connectivity index (χ2v) is 3.97. The number of nitro groups is 1. The summed E-state index contributed by atoms with van der Waals surface area (Å²) in [6, 6.07) is 10.2. The number of hydrogen-bond donors (Lipinski definition) is 0. The SMILES string of the molecule is COc1ccccc1COc1cc(F)ccc1[N+](=O)[O-]. The summed E-state index contributed by atoms with van der Waals surface area (Å²) in [6.45, 7) is 0.0499. The van der Waals surface area contributed by atoms with Crippen LogP contribution in [0.5, 0.6) is 11.5 Å². The molecule has 2 aromatic rings. The normalized spacial score (nSPS) is 10.1. The lowest BCUT2D eigenvalue weighted by Crippen LogP contribution is -2.01. The molecule has 5 nitrogen and oxygen atoms in total. The Bertz CT molecular complexity index is 630. The van der Waals surface area contributed by atoms with E-state index >= 15 is 0 Å². The lowest BCUT2D eigenvalue weighted by Gasteiger charge is -2.10. The molecule has 0 radical (unpaired) electrons. The molecule has 0 atom stereocenters. The van der Waals surface area contributed by atoms with Crippen LogP contribution in [0.25, 0.3) is 0 Å². The molecule has 0 fully saturated rings. The molecule has 0 saturated heterocycles. The summed E-state index contributed by atoms with van der Waals surface area (Å²) in [4.78, 5) is 10.2. The molecule has 0 spiro atoms. The average molecular weight is 277 g/mol. The summed E-state index contributed by atoms with van der Waals surface area (Å²) >= 11 is 0. The molecule has 104 valence electrons. The van der Waals surface area contributed by atoms with Crippen LogP contribution in [0.3, 0.4) is 0 Å². The van der Waals surface area contributed by atoms with Crippen LogP contribution in [0.1, 0.15) is 5.56 Å². The highest BCUT2D eigenvalue weighted by Gasteiger charge is 2.16. The standard InChI is InChI=1S/C14H12FNO4/c1-19-13-5-3-2-4-10(13)9-20-14-8-11(15)6-7-12(14)16(17)18/h2-8H,9H2,1H3. The van der Waals surface area contributed by atoms with Crippen LogP contribution in [0, 0.1) is 15.9 Å². The highest BCUT2D eigenvalue weighted by Crippen LogP contribution is 2.29. The van der Waals surface area contributed by atoms with E-state index in [1.165, 1.54) is 7.11 Å². The molecule has 2 rings (SSSR count). The first kappa shape index (κ1) is 13.8. The van der Waals surface area contributed by atoms with Gasteiger partial charge in [-0.2, -0.15) is 0 Å². The van der Waals surface area contributed by atoms with Gasteiger partial charge in [0.2, 0.25) is 0 Å². The van der Waals surface area contributed by atoms with E-state index in [2.05, 4.69) is 0 Å². The Labute approximate surface area is 114 Å². The van der Waals surface area contributed by atoms with E-state index in [9.17, 15) is 14.5 Å². The molecule has 0 saturated carbocycles. The molecule has 20 heavy (non-hydrogen) atoms. The minimum absolute atomic E-state index is 0.0499. The summed E-state index contributed by atoms with van der Waals surface area (Å²) in [6.07, 6.45) is 0. The predicted octanol–water partition coefficient (Wildman–Crippen LogP) is 3.32. The highest BCUT2D eigenvalue weighted by molar-refractivity contribution is 5.46. The summed E-state index contributed by atoms with van der Waals surface area (Å²) < 4.78 is 23.6. The zero-order valence-corrected chi connectivity index (χ0v) is 10.7. The molecular weight excluding hydrogens is 265 g/mol. The number of rotatable bonds is 5. The Morgan fingerprint density at radius 2 is 1.95 bits per heavy atom. The van der Waals surface area contributed by atoms with Crippen molar-refractivity contribution >= 4 is 5.69 Å². The van der Waals surface area contributed by atoms with Gasteiger partial charge in [-0.25, -0.2) is 4.39 Å². The molecule has 0 N–H and O–H groups in total. The number of para-hydroxylation sites is 1. The third-order valence-electron chi connectivity index (χ3n) is 2.69. The van der Waals surface area contributed by atoms with Crippen LogP contribution in [0.4, 0.5) is 10.1 Å². The molecule has 0 amide bonds. The monoisotopic (exact) mass is 277 g/mol. The molecule has 0 unspecified atom stereocenters. The van der Waals surface area contributed by atoms with Crippen LogP contribution in [0.15, 0.2) is 42.5 Å². The van der Waals surface area contributed by atoms with E-state index in [0.717, 1.165) is 18.2 Å². The quantitative estimate of drug-likeness (QED) is 0.621. The first-order chi connectivity index (χ1) is 9.61. The van der Waals surface area contributed by atoms with Gasteiger partial charge in [0.1, 0.15) is 18.2 Å². The van der Waals surface area contributed by atoms with Gasteiger partial charge in [-0.3, -0.25) is 10.1 Å². The Hall–Kier alpha value is -2.63. The van der Waals surface area contributed by atoms with Crippen molar-refractivity contribution in [2.24, 2.45) is 0 Å². The second-order valence-electron chi connectivity index (χ2n) is 3.97. The molecule has 0 aliphatic carbocycles. The van der Waals surface area contributed by atoms with Crippen molar-refractivity contribution in [3.8, 4) is 11.5 Å². The molecule has 0 aliphatic rings. The van der Waals surface area contributed by atoms with Gasteiger partial charge in [0, 0.05) is 17.7 Å². The van der Waals surface area contributed by atoms with Crippen LogP contribution in [-0.4, -0.2) is 12.0 Å². The maximum absolute atomic E-state index is 13.2. The van der Waals surface area contributed by atoms with Gasteiger partial charge in [0.15, 0.2) is 5.75 Å². The number of halogens is 1.